The molecule has 2 atom stereocenters. The smallest absolute Gasteiger partial charge is 0.221 e. The van der Waals surface area contributed by atoms with E-state index in [4.69, 9.17) is 9.15 Å². The van der Waals surface area contributed by atoms with Gasteiger partial charge in [0.1, 0.15) is 11.6 Å². The number of ether oxygens (including phenoxy) is 1. The summed E-state index contributed by atoms with van der Waals surface area (Å²) in [6.45, 7) is 6.05. The lowest BCUT2D eigenvalue weighted by Crippen LogP contribution is -2.27. The van der Waals surface area contributed by atoms with Crippen LogP contribution in [0.5, 0.6) is 5.75 Å². The summed E-state index contributed by atoms with van der Waals surface area (Å²) in [6.07, 6.45) is 3.33. The zero-order valence-corrected chi connectivity index (χ0v) is 17.2. The topological polar surface area (TPSA) is 106 Å². The lowest BCUT2D eigenvalue weighted by Gasteiger charge is -2.10. The van der Waals surface area contributed by atoms with Crippen molar-refractivity contribution >= 4 is 5.91 Å². The monoisotopic (exact) mass is 397 g/mol. The van der Waals surface area contributed by atoms with Crippen molar-refractivity contribution in [2.45, 2.75) is 52.0 Å². The number of oxazole rings is 1. The third-order valence-electron chi connectivity index (χ3n) is 4.85. The maximum atomic E-state index is 12.3. The summed E-state index contributed by atoms with van der Waals surface area (Å²) >= 11 is 0. The molecule has 0 fully saturated rings. The van der Waals surface area contributed by atoms with E-state index in [1.807, 2.05) is 31.2 Å². The predicted octanol–water partition coefficient (Wildman–Crippen LogP) is 3.79. The number of benzene rings is 1. The van der Waals surface area contributed by atoms with Crippen LogP contribution in [-0.2, 0) is 11.2 Å². The van der Waals surface area contributed by atoms with E-state index in [0.29, 0.717) is 23.9 Å². The average molecular weight is 397 g/mol. The minimum Gasteiger partial charge on any atom is -0.497 e. The molecule has 8 heteroatoms. The Morgan fingerprint density at radius 2 is 2.03 bits per heavy atom. The van der Waals surface area contributed by atoms with Crippen molar-refractivity contribution in [2.75, 3.05) is 7.11 Å². The summed E-state index contributed by atoms with van der Waals surface area (Å²) < 4.78 is 10.9. The average Bonchev–Trinajstić information content (AvgIpc) is 3.42. The molecular formula is C21H27N5O3. The van der Waals surface area contributed by atoms with Crippen molar-refractivity contribution in [3.8, 4) is 17.1 Å². The van der Waals surface area contributed by atoms with Crippen molar-refractivity contribution in [1.29, 1.82) is 0 Å². The molecule has 0 saturated carbocycles. The van der Waals surface area contributed by atoms with E-state index in [0.717, 1.165) is 23.6 Å². The summed E-state index contributed by atoms with van der Waals surface area (Å²) in [4.78, 5) is 21.0. The lowest BCUT2D eigenvalue weighted by molar-refractivity contribution is -0.121. The second-order valence-electron chi connectivity index (χ2n) is 7.02. The molecule has 0 unspecified atom stereocenters. The van der Waals surface area contributed by atoms with Crippen LogP contribution in [-0.4, -0.2) is 33.2 Å². The first-order chi connectivity index (χ1) is 14.0. The van der Waals surface area contributed by atoms with Crippen molar-refractivity contribution in [3.05, 3.63) is 48.0 Å². The summed E-state index contributed by atoms with van der Waals surface area (Å²) in [5.74, 6) is 3.59. The number of aromatic amines is 1. The molecule has 1 aromatic carbocycles. The van der Waals surface area contributed by atoms with E-state index < -0.39 is 0 Å². The SMILES string of the molecule is CC[C@@H](C)c1n[nH]c([C@@H](C)NC(=O)CCc2ncc(-c3ccc(OC)cc3)o2)n1. The second kappa shape index (κ2) is 9.36. The van der Waals surface area contributed by atoms with Crippen LogP contribution >= 0.6 is 0 Å². The van der Waals surface area contributed by atoms with Crippen molar-refractivity contribution in [2.24, 2.45) is 0 Å². The van der Waals surface area contributed by atoms with Crippen LogP contribution in [0.25, 0.3) is 11.3 Å². The van der Waals surface area contributed by atoms with Crippen LogP contribution in [0.1, 0.15) is 63.1 Å². The molecule has 154 valence electrons. The Kier molecular flexibility index (Phi) is 6.64. The Balaban J connectivity index is 1.51. The van der Waals surface area contributed by atoms with Gasteiger partial charge in [-0.05, 0) is 37.6 Å². The largest absolute Gasteiger partial charge is 0.497 e. The van der Waals surface area contributed by atoms with Gasteiger partial charge in [0.15, 0.2) is 17.5 Å². The lowest BCUT2D eigenvalue weighted by atomic mass is 10.1. The minimum atomic E-state index is -0.243. The fourth-order valence-corrected chi connectivity index (χ4v) is 2.80. The van der Waals surface area contributed by atoms with Gasteiger partial charge in [-0.2, -0.15) is 5.10 Å². The molecule has 2 aromatic heterocycles. The standard InChI is InChI=1S/C21H27N5O3/c1-5-13(2)20-24-21(26-25-20)14(3)23-18(27)10-11-19-22-12-17(29-19)15-6-8-16(28-4)9-7-15/h6-9,12-14H,5,10-11H2,1-4H3,(H,23,27)(H,24,25,26)/t13-,14-/m1/s1. The highest BCUT2D eigenvalue weighted by atomic mass is 16.5. The highest BCUT2D eigenvalue weighted by Gasteiger charge is 2.17. The highest BCUT2D eigenvalue weighted by molar-refractivity contribution is 5.76. The molecule has 0 bridgehead atoms. The first-order valence-electron chi connectivity index (χ1n) is 9.80. The van der Waals surface area contributed by atoms with E-state index in [1.54, 1.807) is 13.3 Å². The van der Waals surface area contributed by atoms with Crippen LogP contribution in [0.2, 0.25) is 0 Å². The zero-order chi connectivity index (χ0) is 20.8. The number of amides is 1. The number of rotatable bonds is 9. The Hall–Kier alpha value is -3.16. The molecule has 0 radical (unpaired) electrons. The fourth-order valence-electron chi connectivity index (χ4n) is 2.80. The molecule has 0 aliphatic rings. The van der Waals surface area contributed by atoms with Crippen molar-refractivity contribution < 1.29 is 13.9 Å². The van der Waals surface area contributed by atoms with E-state index in [-0.39, 0.29) is 24.3 Å². The highest BCUT2D eigenvalue weighted by Crippen LogP contribution is 2.23. The molecule has 2 N–H and O–H groups in total. The molecule has 0 aliphatic carbocycles. The van der Waals surface area contributed by atoms with E-state index >= 15 is 0 Å². The molecule has 29 heavy (non-hydrogen) atoms. The van der Waals surface area contributed by atoms with Gasteiger partial charge < -0.3 is 14.5 Å². The quantitative estimate of drug-likeness (QED) is 0.569. The number of hydrogen-bond acceptors (Lipinski definition) is 6. The van der Waals surface area contributed by atoms with Gasteiger partial charge >= 0.3 is 0 Å². The third kappa shape index (κ3) is 5.22. The molecule has 0 aliphatic heterocycles. The molecule has 0 spiro atoms. The predicted molar refractivity (Wildman–Crippen MR) is 108 cm³/mol. The van der Waals surface area contributed by atoms with Gasteiger partial charge in [0.05, 0.1) is 19.3 Å². The van der Waals surface area contributed by atoms with Crippen LogP contribution in [0.3, 0.4) is 0 Å². The Morgan fingerprint density at radius 1 is 1.28 bits per heavy atom. The molecule has 2 heterocycles. The van der Waals surface area contributed by atoms with Gasteiger partial charge in [-0.3, -0.25) is 9.89 Å². The van der Waals surface area contributed by atoms with E-state index in [2.05, 4.69) is 39.3 Å². The van der Waals surface area contributed by atoms with Crippen LogP contribution < -0.4 is 10.1 Å². The number of methoxy groups -OCH3 is 1. The summed E-state index contributed by atoms with van der Waals surface area (Å²) in [5.41, 5.74) is 0.907. The molecule has 0 saturated heterocycles. The Labute approximate surface area is 170 Å². The number of carbonyl (C=O) groups excluding carboxylic acids is 1. The maximum Gasteiger partial charge on any atom is 0.221 e. The van der Waals surface area contributed by atoms with Gasteiger partial charge in [0.25, 0.3) is 0 Å². The molecule has 8 nitrogen and oxygen atoms in total. The molecule has 1 amide bonds. The summed E-state index contributed by atoms with van der Waals surface area (Å²) in [5, 5.41) is 10.1. The number of aromatic nitrogens is 4. The number of hydrogen-bond donors (Lipinski definition) is 2. The van der Waals surface area contributed by atoms with Gasteiger partial charge in [-0.25, -0.2) is 9.97 Å². The number of carbonyl (C=O) groups is 1. The van der Waals surface area contributed by atoms with Crippen LogP contribution in [0.15, 0.2) is 34.9 Å². The minimum absolute atomic E-state index is 0.0943. The second-order valence-corrected chi connectivity index (χ2v) is 7.02. The number of nitrogens with one attached hydrogen (secondary N) is 2. The number of nitrogens with zero attached hydrogens (tertiary/aromatic N) is 3. The van der Waals surface area contributed by atoms with E-state index in [9.17, 15) is 4.79 Å². The summed E-state index contributed by atoms with van der Waals surface area (Å²) in [7, 11) is 1.63. The first-order valence-corrected chi connectivity index (χ1v) is 9.80. The van der Waals surface area contributed by atoms with Gasteiger partial charge in [0, 0.05) is 24.3 Å². The van der Waals surface area contributed by atoms with Crippen molar-refractivity contribution in [1.82, 2.24) is 25.5 Å². The third-order valence-corrected chi connectivity index (χ3v) is 4.85. The van der Waals surface area contributed by atoms with E-state index in [1.165, 1.54) is 0 Å². The van der Waals surface area contributed by atoms with Gasteiger partial charge in [-0.1, -0.05) is 13.8 Å². The summed E-state index contributed by atoms with van der Waals surface area (Å²) in [6, 6.07) is 7.29. The molecular weight excluding hydrogens is 370 g/mol. The van der Waals surface area contributed by atoms with Gasteiger partial charge in [-0.15, -0.1) is 0 Å². The normalized spacial score (nSPS) is 13.1. The molecule has 3 rings (SSSR count). The Bertz CT molecular complexity index is 932. The fraction of sp³-hybridized carbons (Fsp3) is 0.429. The van der Waals surface area contributed by atoms with Crippen molar-refractivity contribution in [3.63, 3.8) is 0 Å². The Morgan fingerprint density at radius 3 is 2.72 bits per heavy atom. The zero-order valence-electron chi connectivity index (χ0n) is 17.2. The first kappa shape index (κ1) is 20.6. The number of H-pyrrole nitrogens is 1. The van der Waals surface area contributed by atoms with Crippen LogP contribution in [0, 0.1) is 0 Å². The number of aryl methyl sites for hydroxylation is 1. The molecule has 3 aromatic rings. The van der Waals surface area contributed by atoms with Gasteiger partial charge in [0.2, 0.25) is 5.91 Å². The maximum absolute atomic E-state index is 12.3. The van der Waals surface area contributed by atoms with Crippen LogP contribution in [0.4, 0.5) is 0 Å².